The van der Waals surface area contributed by atoms with Crippen molar-refractivity contribution in [2.45, 2.75) is 13.5 Å². The van der Waals surface area contributed by atoms with E-state index in [1.165, 1.54) is 18.2 Å². The zero-order valence-electron chi connectivity index (χ0n) is 18.2. The lowest BCUT2D eigenvalue weighted by atomic mass is 10.1. The highest BCUT2D eigenvalue weighted by atomic mass is 16.5. The van der Waals surface area contributed by atoms with E-state index in [1.807, 2.05) is 42.5 Å². The number of carbonyl (C=O) groups excluding carboxylic acids is 1. The Balaban J connectivity index is 1.64. The van der Waals surface area contributed by atoms with Crippen LogP contribution in [0.1, 0.15) is 28.4 Å². The van der Waals surface area contributed by atoms with Gasteiger partial charge in [0.05, 0.1) is 29.6 Å². The zero-order valence-corrected chi connectivity index (χ0v) is 18.2. The van der Waals surface area contributed by atoms with E-state index < -0.39 is 5.97 Å². The van der Waals surface area contributed by atoms with Crippen molar-refractivity contribution in [1.29, 1.82) is 0 Å². The third-order valence-corrected chi connectivity index (χ3v) is 5.15. The van der Waals surface area contributed by atoms with E-state index in [4.69, 9.17) is 9.47 Å². The summed E-state index contributed by atoms with van der Waals surface area (Å²) >= 11 is 0. The van der Waals surface area contributed by atoms with E-state index in [2.05, 4.69) is 5.10 Å². The van der Waals surface area contributed by atoms with Gasteiger partial charge in [0.1, 0.15) is 6.61 Å². The molecular weight excluding hydrogens is 420 g/mol. The van der Waals surface area contributed by atoms with Crippen LogP contribution in [0.2, 0.25) is 0 Å². The number of hydrogen-bond donors (Lipinski definition) is 1. The molecule has 1 aliphatic heterocycles. The molecule has 7 heteroatoms. The summed E-state index contributed by atoms with van der Waals surface area (Å²) in [5, 5.41) is 15.0. The molecule has 0 saturated carbocycles. The SMILES string of the molecule is COc1cccc(/C=C2/C(=O)N(c3ccccc3)N=C2C)c1OCc1cccc(C(=O)O)c1. The third kappa shape index (κ3) is 4.62. The van der Waals surface area contributed by atoms with E-state index >= 15 is 0 Å². The molecule has 1 aliphatic rings. The topological polar surface area (TPSA) is 88.4 Å². The molecule has 1 N–H and O–H groups in total. The van der Waals surface area contributed by atoms with Crippen molar-refractivity contribution in [3.63, 3.8) is 0 Å². The van der Waals surface area contributed by atoms with Gasteiger partial charge in [-0.3, -0.25) is 4.79 Å². The largest absolute Gasteiger partial charge is 0.493 e. The van der Waals surface area contributed by atoms with Crippen LogP contribution in [0.5, 0.6) is 11.5 Å². The van der Waals surface area contributed by atoms with Crippen LogP contribution >= 0.6 is 0 Å². The summed E-state index contributed by atoms with van der Waals surface area (Å²) in [6.07, 6.45) is 1.73. The first-order valence-electron chi connectivity index (χ1n) is 10.3. The molecule has 4 rings (SSSR count). The fourth-order valence-electron chi connectivity index (χ4n) is 3.50. The number of carboxylic acids is 1. The Morgan fingerprint density at radius 2 is 1.82 bits per heavy atom. The Bertz CT molecular complexity index is 1260. The van der Waals surface area contributed by atoms with Gasteiger partial charge in [0.15, 0.2) is 11.5 Å². The number of ether oxygens (including phenoxy) is 2. The third-order valence-electron chi connectivity index (χ3n) is 5.15. The summed E-state index contributed by atoms with van der Waals surface area (Å²) in [5.74, 6) is -0.288. The monoisotopic (exact) mass is 442 g/mol. The first-order chi connectivity index (χ1) is 16.0. The molecule has 0 spiro atoms. The summed E-state index contributed by atoms with van der Waals surface area (Å²) in [6, 6.07) is 21.2. The van der Waals surface area contributed by atoms with Crippen molar-refractivity contribution >= 4 is 29.4 Å². The van der Waals surface area contributed by atoms with Gasteiger partial charge in [-0.25, -0.2) is 4.79 Å². The maximum Gasteiger partial charge on any atom is 0.335 e. The van der Waals surface area contributed by atoms with Gasteiger partial charge in [0.25, 0.3) is 5.91 Å². The van der Waals surface area contributed by atoms with Crippen molar-refractivity contribution in [1.82, 2.24) is 0 Å². The van der Waals surface area contributed by atoms with E-state index in [0.717, 1.165) is 0 Å². The Morgan fingerprint density at radius 1 is 1.06 bits per heavy atom. The van der Waals surface area contributed by atoms with Gasteiger partial charge in [0.2, 0.25) is 0 Å². The molecule has 3 aromatic carbocycles. The Hall–Kier alpha value is -4.39. The average molecular weight is 442 g/mol. The van der Waals surface area contributed by atoms with Gasteiger partial charge < -0.3 is 14.6 Å². The Morgan fingerprint density at radius 3 is 2.55 bits per heavy atom. The number of nitrogens with zero attached hydrogens (tertiary/aromatic N) is 2. The molecule has 33 heavy (non-hydrogen) atoms. The van der Waals surface area contributed by atoms with Crippen LogP contribution in [0.3, 0.4) is 0 Å². The second-order valence-electron chi connectivity index (χ2n) is 7.37. The standard InChI is InChI=1S/C26H22N2O5/c1-17-22(25(29)28(27-17)21-11-4-3-5-12-21)15-19-9-7-13-23(32-2)24(19)33-16-18-8-6-10-20(14-18)26(30)31/h3-15H,16H2,1-2H3,(H,30,31)/b22-15+. The quantitative estimate of drug-likeness (QED) is 0.532. The van der Waals surface area contributed by atoms with Crippen LogP contribution in [0.25, 0.3) is 6.08 Å². The number of para-hydroxylation sites is 2. The van der Waals surface area contributed by atoms with Crippen LogP contribution in [-0.2, 0) is 11.4 Å². The van der Waals surface area contributed by atoms with Crippen molar-refractivity contribution in [2.24, 2.45) is 5.10 Å². The molecule has 0 fully saturated rings. The molecule has 7 nitrogen and oxygen atoms in total. The summed E-state index contributed by atoms with van der Waals surface area (Å²) < 4.78 is 11.5. The minimum absolute atomic E-state index is 0.134. The number of rotatable bonds is 7. The van der Waals surface area contributed by atoms with Crippen molar-refractivity contribution in [3.05, 3.63) is 95.1 Å². The molecule has 0 unspecified atom stereocenters. The zero-order chi connectivity index (χ0) is 23.4. The van der Waals surface area contributed by atoms with Crippen molar-refractivity contribution in [3.8, 4) is 11.5 Å². The Kier molecular flexibility index (Phi) is 6.22. The number of benzene rings is 3. The molecule has 0 saturated heterocycles. The van der Waals surface area contributed by atoms with Crippen LogP contribution in [-0.4, -0.2) is 29.8 Å². The number of carboxylic acid groups (broad SMARTS) is 1. The molecule has 166 valence electrons. The summed E-state index contributed by atoms with van der Waals surface area (Å²) in [5.41, 5.74) is 3.26. The number of amides is 1. The second kappa shape index (κ2) is 9.40. The van der Waals surface area contributed by atoms with E-state index in [9.17, 15) is 14.7 Å². The van der Waals surface area contributed by atoms with Gasteiger partial charge in [-0.2, -0.15) is 10.1 Å². The number of hydrazone groups is 1. The van der Waals surface area contributed by atoms with Crippen LogP contribution in [0, 0.1) is 0 Å². The predicted molar refractivity (Wildman–Crippen MR) is 126 cm³/mol. The number of hydrogen-bond acceptors (Lipinski definition) is 5. The fourth-order valence-corrected chi connectivity index (χ4v) is 3.50. The van der Waals surface area contributed by atoms with E-state index in [1.54, 1.807) is 37.3 Å². The average Bonchev–Trinajstić information content (AvgIpc) is 3.12. The molecule has 0 bridgehead atoms. The molecule has 1 heterocycles. The van der Waals surface area contributed by atoms with Gasteiger partial charge in [-0.05, 0) is 48.9 Å². The summed E-state index contributed by atoms with van der Waals surface area (Å²) in [6.45, 7) is 1.92. The molecular formula is C26H22N2O5. The number of anilines is 1. The number of methoxy groups -OCH3 is 1. The lowest BCUT2D eigenvalue weighted by molar-refractivity contribution is -0.114. The molecule has 3 aromatic rings. The second-order valence-corrected chi connectivity index (χ2v) is 7.37. The molecule has 1 amide bonds. The minimum Gasteiger partial charge on any atom is -0.493 e. The van der Waals surface area contributed by atoms with Crippen LogP contribution < -0.4 is 14.5 Å². The van der Waals surface area contributed by atoms with E-state index in [0.29, 0.717) is 39.6 Å². The molecule has 0 radical (unpaired) electrons. The fraction of sp³-hybridized carbons (Fsp3) is 0.115. The first kappa shape index (κ1) is 21.8. The lowest BCUT2D eigenvalue weighted by Crippen LogP contribution is -2.21. The number of aromatic carboxylic acids is 1. The summed E-state index contributed by atoms with van der Waals surface area (Å²) in [7, 11) is 1.54. The lowest BCUT2D eigenvalue weighted by Gasteiger charge is -2.14. The maximum atomic E-state index is 13.1. The van der Waals surface area contributed by atoms with Crippen LogP contribution in [0.4, 0.5) is 5.69 Å². The van der Waals surface area contributed by atoms with Crippen molar-refractivity contribution < 1.29 is 24.2 Å². The number of carbonyl (C=O) groups is 2. The van der Waals surface area contributed by atoms with Gasteiger partial charge in [-0.1, -0.05) is 42.5 Å². The highest BCUT2D eigenvalue weighted by molar-refractivity contribution is 6.32. The van der Waals surface area contributed by atoms with Gasteiger partial charge in [-0.15, -0.1) is 0 Å². The molecule has 0 aromatic heterocycles. The predicted octanol–water partition coefficient (Wildman–Crippen LogP) is 4.78. The smallest absolute Gasteiger partial charge is 0.335 e. The highest BCUT2D eigenvalue weighted by Gasteiger charge is 2.29. The van der Waals surface area contributed by atoms with Gasteiger partial charge in [0, 0.05) is 5.56 Å². The molecule has 0 aliphatic carbocycles. The maximum absolute atomic E-state index is 13.1. The molecule has 0 atom stereocenters. The minimum atomic E-state index is -1.00. The first-order valence-corrected chi connectivity index (χ1v) is 10.3. The normalized spacial score (nSPS) is 14.4. The Labute approximate surface area is 191 Å². The van der Waals surface area contributed by atoms with Crippen molar-refractivity contribution in [2.75, 3.05) is 12.1 Å². The van der Waals surface area contributed by atoms with E-state index in [-0.39, 0.29) is 18.1 Å². The van der Waals surface area contributed by atoms with Crippen LogP contribution in [0.15, 0.2) is 83.5 Å². The van der Waals surface area contributed by atoms with Gasteiger partial charge >= 0.3 is 5.97 Å². The highest BCUT2D eigenvalue weighted by Crippen LogP contribution is 2.35. The summed E-state index contributed by atoms with van der Waals surface area (Å²) in [4.78, 5) is 24.3.